The van der Waals surface area contributed by atoms with Gasteiger partial charge in [-0.2, -0.15) is 0 Å². The van der Waals surface area contributed by atoms with Gasteiger partial charge in [-0.1, -0.05) is 36.4 Å². The standard InChI is InChI=1S/C28H33N5O/c29-21-9-11-22(12-10-21)33-16-28(17-33)14-20(15-28)18-5-7-19(8-6-18)24-13-25(31-32-27(24)30)23-3-1-2-4-26(23)34/h1-8,13,20-22,34H,9-12,14-17,29H2,(H2,30,32). The summed E-state index contributed by atoms with van der Waals surface area (Å²) in [4.78, 5) is 2.71. The number of phenolic OH excluding ortho intramolecular Hbond substituents is 1. The van der Waals surface area contributed by atoms with Crippen molar-refractivity contribution < 1.29 is 5.11 Å². The Labute approximate surface area is 201 Å². The van der Waals surface area contributed by atoms with Crippen molar-refractivity contribution in [2.45, 2.75) is 56.5 Å². The van der Waals surface area contributed by atoms with Crippen molar-refractivity contribution in [2.24, 2.45) is 11.1 Å². The van der Waals surface area contributed by atoms with E-state index in [4.69, 9.17) is 11.5 Å². The highest BCUT2D eigenvalue weighted by atomic mass is 16.3. The number of para-hydroxylation sites is 1. The summed E-state index contributed by atoms with van der Waals surface area (Å²) in [6.45, 7) is 2.55. The molecule has 0 unspecified atom stereocenters. The molecule has 2 heterocycles. The van der Waals surface area contributed by atoms with Crippen molar-refractivity contribution in [1.82, 2.24) is 15.1 Å². The molecule has 0 amide bonds. The predicted molar refractivity (Wildman–Crippen MR) is 135 cm³/mol. The Morgan fingerprint density at radius 1 is 0.882 bits per heavy atom. The summed E-state index contributed by atoms with van der Waals surface area (Å²) >= 11 is 0. The number of aromatic hydroxyl groups is 1. The number of nitrogen functional groups attached to an aromatic ring is 1. The third-order valence-corrected chi connectivity index (χ3v) is 8.39. The minimum atomic E-state index is 0.184. The number of nitrogens with two attached hydrogens (primary N) is 2. The fourth-order valence-electron chi connectivity index (χ4n) is 6.41. The minimum absolute atomic E-state index is 0.184. The number of anilines is 1. The third-order valence-electron chi connectivity index (χ3n) is 8.39. The lowest BCUT2D eigenvalue weighted by Gasteiger charge is -2.62. The van der Waals surface area contributed by atoms with Crippen molar-refractivity contribution in [3.8, 4) is 28.1 Å². The van der Waals surface area contributed by atoms with Crippen LogP contribution in [0.4, 0.5) is 5.82 Å². The van der Waals surface area contributed by atoms with E-state index in [-0.39, 0.29) is 5.75 Å². The molecule has 5 N–H and O–H groups in total. The zero-order chi connectivity index (χ0) is 23.3. The fraction of sp³-hybridized carbons (Fsp3) is 0.429. The molecular formula is C28H33N5O. The van der Waals surface area contributed by atoms with E-state index in [0.29, 0.717) is 34.4 Å². The van der Waals surface area contributed by atoms with Gasteiger partial charge in [-0.15, -0.1) is 10.2 Å². The van der Waals surface area contributed by atoms with Gasteiger partial charge >= 0.3 is 0 Å². The van der Waals surface area contributed by atoms with Crippen LogP contribution in [0.2, 0.25) is 0 Å². The molecule has 0 bridgehead atoms. The van der Waals surface area contributed by atoms with Crippen molar-refractivity contribution in [2.75, 3.05) is 18.8 Å². The Balaban J connectivity index is 1.11. The monoisotopic (exact) mass is 455 g/mol. The summed E-state index contributed by atoms with van der Waals surface area (Å²) in [5.41, 5.74) is 17.3. The minimum Gasteiger partial charge on any atom is -0.507 e. The first kappa shape index (κ1) is 21.6. The largest absolute Gasteiger partial charge is 0.507 e. The maximum Gasteiger partial charge on any atom is 0.154 e. The molecule has 1 aliphatic heterocycles. The molecule has 1 spiro atoms. The van der Waals surface area contributed by atoms with Gasteiger partial charge in [0.25, 0.3) is 0 Å². The lowest BCUT2D eigenvalue weighted by atomic mass is 9.55. The Kier molecular flexibility index (Phi) is 5.30. The van der Waals surface area contributed by atoms with Gasteiger partial charge in [0.05, 0.1) is 5.69 Å². The molecule has 1 saturated heterocycles. The molecule has 0 radical (unpaired) electrons. The smallest absolute Gasteiger partial charge is 0.154 e. The topological polar surface area (TPSA) is 101 Å². The number of phenols is 1. The first-order valence-corrected chi connectivity index (χ1v) is 12.5. The predicted octanol–water partition coefficient (Wildman–Crippen LogP) is 4.55. The molecule has 3 aromatic rings. The van der Waals surface area contributed by atoms with E-state index in [1.54, 1.807) is 12.1 Å². The van der Waals surface area contributed by atoms with Crippen LogP contribution in [0.25, 0.3) is 22.4 Å². The van der Waals surface area contributed by atoms with Crippen LogP contribution >= 0.6 is 0 Å². The van der Waals surface area contributed by atoms with Gasteiger partial charge in [-0.05, 0) is 79.2 Å². The van der Waals surface area contributed by atoms with Gasteiger partial charge in [0.15, 0.2) is 5.82 Å². The highest BCUT2D eigenvalue weighted by Gasteiger charge is 2.53. The molecule has 6 rings (SSSR count). The van der Waals surface area contributed by atoms with Crippen LogP contribution < -0.4 is 11.5 Å². The molecule has 2 aliphatic carbocycles. The zero-order valence-electron chi connectivity index (χ0n) is 19.5. The van der Waals surface area contributed by atoms with Crippen LogP contribution in [-0.2, 0) is 0 Å². The zero-order valence-corrected chi connectivity index (χ0v) is 19.5. The highest BCUT2D eigenvalue weighted by Crippen LogP contribution is 2.57. The number of benzene rings is 2. The second kappa shape index (κ2) is 8.36. The van der Waals surface area contributed by atoms with Gasteiger partial charge in [-0.3, -0.25) is 4.90 Å². The molecule has 6 nitrogen and oxygen atoms in total. The summed E-state index contributed by atoms with van der Waals surface area (Å²) in [5.74, 6) is 1.23. The van der Waals surface area contributed by atoms with Gasteiger partial charge in [-0.25, -0.2) is 0 Å². The number of hydrogen-bond donors (Lipinski definition) is 3. The third kappa shape index (κ3) is 3.85. The lowest BCUT2D eigenvalue weighted by molar-refractivity contribution is -0.101. The fourth-order valence-corrected chi connectivity index (χ4v) is 6.41. The molecule has 1 aromatic heterocycles. The average molecular weight is 456 g/mol. The molecule has 2 aromatic carbocycles. The summed E-state index contributed by atoms with van der Waals surface area (Å²) in [5, 5.41) is 18.5. The van der Waals surface area contributed by atoms with Crippen LogP contribution in [0.1, 0.15) is 50.0 Å². The first-order valence-electron chi connectivity index (χ1n) is 12.5. The number of rotatable bonds is 4. The summed E-state index contributed by atoms with van der Waals surface area (Å²) in [7, 11) is 0. The molecule has 3 aliphatic rings. The molecular weight excluding hydrogens is 422 g/mol. The maximum absolute atomic E-state index is 10.2. The molecule has 0 atom stereocenters. The first-order chi connectivity index (χ1) is 16.5. The number of nitrogens with zero attached hydrogens (tertiary/aromatic N) is 3. The van der Waals surface area contributed by atoms with Crippen molar-refractivity contribution in [1.29, 1.82) is 0 Å². The second-order valence-corrected chi connectivity index (χ2v) is 10.7. The van der Waals surface area contributed by atoms with Crippen LogP contribution in [-0.4, -0.2) is 45.4 Å². The molecule has 34 heavy (non-hydrogen) atoms. The summed E-state index contributed by atoms with van der Waals surface area (Å²) < 4.78 is 0. The number of likely N-dealkylation sites (tertiary alicyclic amines) is 1. The number of aromatic nitrogens is 2. The SMILES string of the molecule is Nc1nnc(-c2ccccc2O)cc1-c1ccc(C2CC3(C2)CN(C2CCC(N)CC2)C3)cc1. The lowest BCUT2D eigenvalue weighted by Crippen LogP contribution is -2.64. The molecule has 3 fully saturated rings. The van der Waals surface area contributed by atoms with E-state index in [1.165, 1.54) is 57.2 Å². The van der Waals surface area contributed by atoms with Crippen molar-refractivity contribution >= 4 is 5.82 Å². The maximum atomic E-state index is 10.2. The van der Waals surface area contributed by atoms with Crippen molar-refractivity contribution in [3.63, 3.8) is 0 Å². The van der Waals surface area contributed by atoms with E-state index in [2.05, 4.69) is 39.4 Å². The number of hydrogen-bond acceptors (Lipinski definition) is 6. The van der Waals surface area contributed by atoms with Gasteiger partial charge in [0.2, 0.25) is 0 Å². The van der Waals surface area contributed by atoms with Gasteiger partial charge in [0.1, 0.15) is 5.75 Å². The van der Waals surface area contributed by atoms with Crippen LogP contribution in [0.3, 0.4) is 0 Å². The second-order valence-electron chi connectivity index (χ2n) is 10.7. The van der Waals surface area contributed by atoms with E-state index < -0.39 is 0 Å². The van der Waals surface area contributed by atoms with E-state index in [9.17, 15) is 5.11 Å². The van der Waals surface area contributed by atoms with Gasteiger partial charge < -0.3 is 16.6 Å². The van der Waals surface area contributed by atoms with Crippen LogP contribution in [0, 0.1) is 5.41 Å². The Morgan fingerprint density at radius 2 is 1.59 bits per heavy atom. The van der Waals surface area contributed by atoms with Gasteiger partial charge in [0, 0.05) is 36.3 Å². The quantitative estimate of drug-likeness (QED) is 0.534. The molecule has 176 valence electrons. The van der Waals surface area contributed by atoms with E-state index in [1.807, 2.05) is 18.2 Å². The molecule has 6 heteroatoms. The van der Waals surface area contributed by atoms with E-state index in [0.717, 1.165) is 17.2 Å². The Hall–Kier alpha value is -2.96. The highest BCUT2D eigenvalue weighted by molar-refractivity contribution is 5.79. The Morgan fingerprint density at radius 3 is 2.29 bits per heavy atom. The Bertz CT molecular complexity index is 1170. The van der Waals surface area contributed by atoms with Crippen molar-refractivity contribution in [3.05, 3.63) is 60.2 Å². The summed E-state index contributed by atoms with van der Waals surface area (Å²) in [6.07, 6.45) is 7.53. The van der Waals surface area contributed by atoms with Crippen LogP contribution in [0.5, 0.6) is 5.75 Å². The summed E-state index contributed by atoms with van der Waals surface area (Å²) in [6, 6.07) is 19.0. The average Bonchev–Trinajstić information content (AvgIpc) is 2.80. The van der Waals surface area contributed by atoms with E-state index >= 15 is 0 Å². The normalized spacial score (nSPS) is 24.5. The van der Waals surface area contributed by atoms with Crippen LogP contribution in [0.15, 0.2) is 54.6 Å². The molecule has 2 saturated carbocycles.